The van der Waals surface area contributed by atoms with E-state index in [0.29, 0.717) is 22.3 Å². The molecule has 1 heterocycles. The molecular weight excluding hydrogens is 351 g/mol. The molecule has 2 rings (SSSR count). The van der Waals surface area contributed by atoms with Crippen LogP contribution >= 0.6 is 47.4 Å². The van der Waals surface area contributed by atoms with Crippen molar-refractivity contribution in [3.05, 3.63) is 28.2 Å². The van der Waals surface area contributed by atoms with Gasteiger partial charge in [0.05, 0.1) is 10.8 Å². The fraction of sp³-hybridized carbons (Fsp3) is 0.500. The van der Waals surface area contributed by atoms with E-state index < -0.39 is 0 Å². The van der Waals surface area contributed by atoms with Gasteiger partial charge in [0, 0.05) is 29.0 Å². The minimum atomic E-state index is 0. The van der Waals surface area contributed by atoms with Crippen LogP contribution in [0.25, 0.3) is 0 Å². The molecule has 1 saturated heterocycles. The van der Waals surface area contributed by atoms with Crippen LogP contribution in [-0.4, -0.2) is 35.7 Å². The Morgan fingerprint density at radius 1 is 1.38 bits per heavy atom. The summed E-state index contributed by atoms with van der Waals surface area (Å²) in [5.41, 5.74) is 5.74. The number of benzene rings is 1. The number of nitrogens with zero attached hydrogens (tertiary/aromatic N) is 1. The molecule has 21 heavy (non-hydrogen) atoms. The number of hydrogen-bond donors (Lipinski definition) is 1. The van der Waals surface area contributed by atoms with Crippen molar-refractivity contribution in [1.82, 2.24) is 4.90 Å². The highest BCUT2D eigenvalue weighted by atomic mass is 35.5. The highest BCUT2D eigenvalue weighted by Crippen LogP contribution is 2.30. The normalized spacial score (nSPS) is 18.2. The molecule has 1 aliphatic heterocycles. The van der Waals surface area contributed by atoms with Crippen molar-refractivity contribution in [2.45, 2.75) is 30.2 Å². The molecule has 1 aromatic carbocycles. The van der Waals surface area contributed by atoms with Gasteiger partial charge in [-0.05, 0) is 37.5 Å². The Labute approximate surface area is 145 Å². The molecule has 1 atom stereocenters. The summed E-state index contributed by atoms with van der Waals surface area (Å²) in [6.07, 6.45) is 3.22. The quantitative estimate of drug-likeness (QED) is 0.820. The van der Waals surface area contributed by atoms with E-state index in [4.69, 9.17) is 28.9 Å². The third-order valence-corrected chi connectivity index (χ3v) is 5.18. The van der Waals surface area contributed by atoms with Crippen molar-refractivity contribution < 1.29 is 4.79 Å². The topological polar surface area (TPSA) is 46.3 Å². The van der Waals surface area contributed by atoms with Gasteiger partial charge in [-0.25, -0.2) is 0 Å². The molecule has 0 saturated carbocycles. The van der Waals surface area contributed by atoms with Crippen LogP contribution in [0.3, 0.4) is 0 Å². The van der Waals surface area contributed by atoms with Gasteiger partial charge in [0.15, 0.2) is 0 Å². The molecule has 0 bridgehead atoms. The maximum atomic E-state index is 12.3. The van der Waals surface area contributed by atoms with Gasteiger partial charge in [-0.15, -0.1) is 24.2 Å². The van der Waals surface area contributed by atoms with Crippen molar-refractivity contribution in [3.8, 4) is 0 Å². The molecule has 0 aliphatic carbocycles. The van der Waals surface area contributed by atoms with Gasteiger partial charge in [-0.1, -0.05) is 23.2 Å². The summed E-state index contributed by atoms with van der Waals surface area (Å²) in [5.74, 6) is 0.498. The third kappa shape index (κ3) is 5.22. The van der Waals surface area contributed by atoms with Crippen LogP contribution in [0.5, 0.6) is 0 Å². The van der Waals surface area contributed by atoms with Gasteiger partial charge in [0.25, 0.3) is 0 Å². The summed E-state index contributed by atoms with van der Waals surface area (Å²) in [7, 11) is 0. The van der Waals surface area contributed by atoms with Crippen molar-refractivity contribution in [2.75, 3.05) is 18.8 Å². The fourth-order valence-corrected chi connectivity index (χ4v) is 3.76. The molecule has 1 fully saturated rings. The first kappa shape index (κ1) is 18.9. The number of likely N-dealkylation sites (tertiary alicyclic amines) is 1. The molecule has 0 spiro atoms. The van der Waals surface area contributed by atoms with E-state index in [1.807, 2.05) is 4.90 Å². The monoisotopic (exact) mass is 368 g/mol. The van der Waals surface area contributed by atoms with E-state index >= 15 is 0 Å². The molecular formula is C14H19Cl3N2OS. The lowest BCUT2D eigenvalue weighted by Gasteiger charge is -2.35. The average Bonchev–Trinajstić information content (AvgIpc) is 2.47. The number of hydrogen-bond acceptors (Lipinski definition) is 3. The van der Waals surface area contributed by atoms with Crippen LogP contribution in [0.4, 0.5) is 0 Å². The van der Waals surface area contributed by atoms with E-state index in [9.17, 15) is 4.79 Å². The Morgan fingerprint density at radius 3 is 2.86 bits per heavy atom. The Balaban J connectivity index is 0.00000220. The number of carbonyl (C=O) groups is 1. The number of thioether (sulfide) groups is 1. The second-order valence-electron chi connectivity index (χ2n) is 4.84. The molecule has 118 valence electrons. The molecule has 2 N–H and O–H groups in total. The third-order valence-electron chi connectivity index (χ3n) is 3.46. The second-order valence-corrected chi connectivity index (χ2v) is 6.70. The van der Waals surface area contributed by atoms with E-state index in [2.05, 4.69) is 0 Å². The van der Waals surface area contributed by atoms with E-state index in [0.717, 1.165) is 30.7 Å². The lowest BCUT2D eigenvalue weighted by Crippen LogP contribution is -2.48. The largest absolute Gasteiger partial charge is 0.338 e. The molecule has 0 radical (unpaired) electrons. The summed E-state index contributed by atoms with van der Waals surface area (Å²) >= 11 is 13.5. The lowest BCUT2D eigenvalue weighted by atomic mass is 10.0. The number of carbonyl (C=O) groups excluding carboxylic acids is 1. The van der Waals surface area contributed by atoms with Crippen LogP contribution in [0, 0.1) is 0 Å². The van der Waals surface area contributed by atoms with Gasteiger partial charge in [-0.2, -0.15) is 0 Å². The van der Waals surface area contributed by atoms with Crippen LogP contribution in [0.1, 0.15) is 19.3 Å². The van der Waals surface area contributed by atoms with Crippen molar-refractivity contribution >= 4 is 53.3 Å². The number of nitrogens with two attached hydrogens (primary N) is 1. The minimum absolute atomic E-state index is 0. The van der Waals surface area contributed by atoms with E-state index in [-0.39, 0.29) is 24.4 Å². The van der Waals surface area contributed by atoms with Gasteiger partial charge < -0.3 is 10.6 Å². The second kappa shape index (κ2) is 9.11. The first-order valence-corrected chi connectivity index (χ1v) is 8.43. The molecule has 1 aliphatic rings. The fourth-order valence-electron chi connectivity index (χ4n) is 2.38. The highest BCUT2D eigenvalue weighted by molar-refractivity contribution is 8.00. The molecule has 1 amide bonds. The van der Waals surface area contributed by atoms with Crippen molar-refractivity contribution in [2.24, 2.45) is 5.73 Å². The lowest BCUT2D eigenvalue weighted by molar-refractivity contribution is -0.131. The smallest absolute Gasteiger partial charge is 0.233 e. The van der Waals surface area contributed by atoms with Gasteiger partial charge in [-0.3, -0.25) is 4.79 Å². The summed E-state index contributed by atoms with van der Waals surface area (Å²) in [6, 6.07) is 5.47. The number of amides is 1. The molecule has 0 aromatic heterocycles. The Hall–Kier alpha value is -0.130. The predicted molar refractivity (Wildman–Crippen MR) is 92.8 cm³/mol. The Morgan fingerprint density at radius 2 is 2.14 bits per heavy atom. The summed E-state index contributed by atoms with van der Waals surface area (Å²) in [4.78, 5) is 15.1. The molecule has 1 aromatic rings. The predicted octanol–water partition coefficient (Wildman–Crippen LogP) is 3.85. The Bertz CT molecular complexity index is 487. The van der Waals surface area contributed by atoms with Gasteiger partial charge >= 0.3 is 0 Å². The van der Waals surface area contributed by atoms with Crippen LogP contribution in [0.2, 0.25) is 10.0 Å². The van der Waals surface area contributed by atoms with Crippen molar-refractivity contribution in [3.63, 3.8) is 0 Å². The average molecular weight is 370 g/mol. The highest BCUT2D eigenvalue weighted by Gasteiger charge is 2.25. The molecule has 7 heteroatoms. The maximum Gasteiger partial charge on any atom is 0.233 e. The standard InChI is InChI=1S/C14H18Cl2N2OS.ClH/c15-10-4-5-12(16)13(7-10)20-9-14(19)18-6-2-1-3-11(18)8-17;/h4-5,7,11H,1-3,6,8-9,17H2;1H. The zero-order valence-corrected chi connectivity index (χ0v) is 14.7. The zero-order valence-electron chi connectivity index (χ0n) is 11.6. The number of halogens is 3. The summed E-state index contributed by atoms with van der Waals surface area (Å²) in [6.45, 7) is 1.35. The van der Waals surface area contributed by atoms with Crippen molar-refractivity contribution in [1.29, 1.82) is 0 Å². The van der Waals surface area contributed by atoms with Gasteiger partial charge in [0.2, 0.25) is 5.91 Å². The SMILES string of the molecule is Cl.NCC1CCCCN1C(=O)CSc1cc(Cl)ccc1Cl. The molecule has 3 nitrogen and oxygen atoms in total. The zero-order chi connectivity index (χ0) is 14.5. The summed E-state index contributed by atoms with van der Waals surface area (Å²) < 4.78 is 0. The maximum absolute atomic E-state index is 12.3. The van der Waals surface area contributed by atoms with Crippen LogP contribution in [-0.2, 0) is 4.79 Å². The first-order chi connectivity index (χ1) is 9.61. The minimum Gasteiger partial charge on any atom is -0.338 e. The molecule has 1 unspecified atom stereocenters. The number of piperidine rings is 1. The first-order valence-electron chi connectivity index (χ1n) is 6.69. The van der Waals surface area contributed by atoms with Crippen LogP contribution < -0.4 is 5.73 Å². The van der Waals surface area contributed by atoms with Crippen LogP contribution in [0.15, 0.2) is 23.1 Å². The van der Waals surface area contributed by atoms with E-state index in [1.165, 1.54) is 11.8 Å². The number of rotatable bonds is 4. The van der Waals surface area contributed by atoms with E-state index in [1.54, 1.807) is 18.2 Å². The Kier molecular flexibility index (Phi) is 8.21. The summed E-state index contributed by atoms with van der Waals surface area (Å²) in [5, 5.41) is 1.25. The van der Waals surface area contributed by atoms with Gasteiger partial charge in [0.1, 0.15) is 0 Å².